The van der Waals surface area contributed by atoms with Crippen molar-refractivity contribution in [3.8, 4) is 5.75 Å². The summed E-state index contributed by atoms with van der Waals surface area (Å²) in [5, 5.41) is 8.78. The molecule has 0 spiro atoms. The molecular formula is C9H8FNO3. The van der Waals surface area contributed by atoms with Crippen LogP contribution in [0.25, 0.3) is 11.1 Å². The van der Waals surface area contributed by atoms with Gasteiger partial charge in [0, 0.05) is 12.1 Å². The number of aliphatic hydroxyl groups is 1. The molecule has 0 aliphatic heterocycles. The monoisotopic (exact) mass is 197 g/mol. The molecule has 2 aromatic rings. The van der Waals surface area contributed by atoms with Gasteiger partial charge in [0.15, 0.2) is 11.3 Å². The highest BCUT2D eigenvalue weighted by Gasteiger charge is 2.11. The molecule has 0 amide bonds. The lowest BCUT2D eigenvalue weighted by Crippen LogP contribution is -1.85. The number of aromatic nitrogens is 1. The van der Waals surface area contributed by atoms with Crippen LogP contribution in [-0.4, -0.2) is 17.2 Å². The van der Waals surface area contributed by atoms with Crippen LogP contribution >= 0.6 is 0 Å². The predicted molar refractivity (Wildman–Crippen MR) is 46.4 cm³/mol. The molecule has 0 saturated carbocycles. The van der Waals surface area contributed by atoms with Gasteiger partial charge in [-0.2, -0.15) is 0 Å². The smallest absolute Gasteiger partial charge is 0.221 e. The van der Waals surface area contributed by atoms with E-state index in [9.17, 15) is 4.39 Å². The van der Waals surface area contributed by atoms with E-state index in [-0.39, 0.29) is 18.2 Å². The van der Waals surface area contributed by atoms with Crippen LogP contribution in [0.4, 0.5) is 4.39 Å². The lowest BCUT2D eigenvalue weighted by atomic mass is 10.3. The van der Waals surface area contributed by atoms with Crippen molar-refractivity contribution in [2.24, 2.45) is 0 Å². The van der Waals surface area contributed by atoms with Gasteiger partial charge >= 0.3 is 0 Å². The summed E-state index contributed by atoms with van der Waals surface area (Å²) in [4.78, 5) is 3.86. The number of fused-ring (bicyclic) bond motifs is 1. The van der Waals surface area contributed by atoms with Crippen molar-refractivity contribution in [3.05, 3.63) is 23.8 Å². The first-order valence-electron chi connectivity index (χ1n) is 3.98. The summed E-state index contributed by atoms with van der Waals surface area (Å²) in [5.41, 5.74) is 0.684. The van der Waals surface area contributed by atoms with Crippen molar-refractivity contribution in [2.45, 2.75) is 6.61 Å². The molecule has 5 heteroatoms. The molecule has 1 heterocycles. The Bertz CT molecular complexity index is 466. The summed E-state index contributed by atoms with van der Waals surface area (Å²) in [5.74, 6) is -0.0387. The quantitative estimate of drug-likeness (QED) is 0.791. The van der Waals surface area contributed by atoms with Crippen molar-refractivity contribution in [1.82, 2.24) is 4.98 Å². The van der Waals surface area contributed by atoms with E-state index in [2.05, 4.69) is 4.98 Å². The third-order valence-electron chi connectivity index (χ3n) is 1.82. The Balaban J connectivity index is 2.71. The van der Waals surface area contributed by atoms with Gasteiger partial charge in [0.1, 0.15) is 17.9 Å². The zero-order valence-electron chi connectivity index (χ0n) is 7.45. The SMILES string of the molecule is COc1cc(F)cc2nc(CO)oc12. The van der Waals surface area contributed by atoms with Crippen molar-refractivity contribution in [1.29, 1.82) is 0 Å². The first kappa shape index (κ1) is 8.96. The third kappa shape index (κ3) is 1.31. The number of methoxy groups -OCH3 is 1. The standard InChI is InChI=1S/C9H8FNO3/c1-13-7-3-5(10)2-6-9(7)14-8(4-12)11-6/h2-3,12H,4H2,1H3. The van der Waals surface area contributed by atoms with E-state index in [4.69, 9.17) is 14.3 Å². The molecule has 0 unspecified atom stereocenters. The second-order valence-electron chi connectivity index (χ2n) is 2.72. The number of hydrogen-bond donors (Lipinski definition) is 1. The Labute approximate surface area is 78.9 Å². The number of aliphatic hydroxyl groups excluding tert-OH is 1. The zero-order valence-corrected chi connectivity index (χ0v) is 7.45. The number of benzene rings is 1. The molecule has 0 aliphatic rings. The van der Waals surface area contributed by atoms with Gasteiger partial charge < -0.3 is 14.3 Å². The number of oxazole rings is 1. The molecule has 1 aromatic carbocycles. The van der Waals surface area contributed by atoms with Crippen LogP contribution in [0.15, 0.2) is 16.5 Å². The van der Waals surface area contributed by atoms with Gasteiger partial charge in [-0.05, 0) is 0 Å². The summed E-state index contributed by atoms with van der Waals surface area (Å²) < 4.78 is 23.0. The fraction of sp³-hybridized carbons (Fsp3) is 0.222. The summed E-state index contributed by atoms with van der Waals surface area (Å²) in [6, 6.07) is 2.43. The van der Waals surface area contributed by atoms with Gasteiger partial charge in [-0.3, -0.25) is 0 Å². The molecular weight excluding hydrogens is 189 g/mol. The maximum atomic E-state index is 13.0. The van der Waals surface area contributed by atoms with E-state index < -0.39 is 5.82 Å². The van der Waals surface area contributed by atoms with Crippen molar-refractivity contribution >= 4 is 11.1 Å². The molecule has 4 nitrogen and oxygen atoms in total. The van der Waals surface area contributed by atoms with Gasteiger partial charge in [0.05, 0.1) is 7.11 Å². The van der Waals surface area contributed by atoms with Gasteiger partial charge in [0.25, 0.3) is 0 Å². The number of nitrogens with zero attached hydrogens (tertiary/aromatic N) is 1. The Morgan fingerprint density at radius 1 is 1.57 bits per heavy atom. The molecule has 14 heavy (non-hydrogen) atoms. The minimum Gasteiger partial charge on any atom is -0.493 e. The lowest BCUT2D eigenvalue weighted by Gasteiger charge is -1.98. The highest BCUT2D eigenvalue weighted by atomic mass is 19.1. The predicted octanol–water partition coefficient (Wildman–Crippen LogP) is 1.47. The van der Waals surface area contributed by atoms with Gasteiger partial charge in [-0.1, -0.05) is 0 Å². The average Bonchev–Trinajstić information content (AvgIpc) is 2.59. The molecule has 2 rings (SSSR count). The molecule has 0 radical (unpaired) electrons. The number of hydrogen-bond acceptors (Lipinski definition) is 4. The number of rotatable bonds is 2. The molecule has 0 atom stereocenters. The van der Waals surface area contributed by atoms with Crippen molar-refractivity contribution in [3.63, 3.8) is 0 Å². The zero-order chi connectivity index (χ0) is 10.1. The highest BCUT2D eigenvalue weighted by molar-refractivity contribution is 5.79. The second-order valence-corrected chi connectivity index (χ2v) is 2.72. The molecule has 0 aliphatic carbocycles. The Kier molecular flexibility index (Phi) is 2.09. The maximum Gasteiger partial charge on any atom is 0.221 e. The molecule has 0 saturated heterocycles. The second kappa shape index (κ2) is 3.26. The lowest BCUT2D eigenvalue weighted by molar-refractivity contribution is 0.243. The molecule has 0 fully saturated rings. The summed E-state index contributed by atoms with van der Waals surface area (Å²) in [6.07, 6.45) is 0. The topological polar surface area (TPSA) is 55.5 Å². The highest BCUT2D eigenvalue weighted by Crippen LogP contribution is 2.27. The van der Waals surface area contributed by atoms with Crippen LogP contribution in [0, 0.1) is 5.82 Å². The van der Waals surface area contributed by atoms with Crippen LogP contribution in [0.5, 0.6) is 5.75 Å². The van der Waals surface area contributed by atoms with Crippen molar-refractivity contribution < 1.29 is 18.7 Å². The van der Waals surface area contributed by atoms with Crippen molar-refractivity contribution in [2.75, 3.05) is 7.11 Å². The third-order valence-corrected chi connectivity index (χ3v) is 1.82. The Morgan fingerprint density at radius 3 is 3.00 bits per heavy atom. The average molecular weight is 197 g/mol. The molecule has 1 N–H and O–H groups in total. The fourth-order valence-electron chi connectivity index (χ4n) is 1.23. The van der Waals surface area contributed by atoms with Crippen LogP contribution in [0.2, 0.25) is 0 Å². The summed E-state index contributed by atoms with van der Waals surface area (Å²) in [7, 11) is 1.41. The Morgan fingerprint density at radius 2 is 2.36 bits per heavy atom. The van der Waals surface area contributed by atoms with E-state index in [1.54, 1.807) is 0 Å². The van der Waals surface area contributed by atoms with Gasteiger partial charge in [-0.15, -0.1) is 0 Å². The van der Waals surface area contributed by atoms with Gasteiger partial charge in [0.2, 0.25) is 5.89 Å². The van der Waals surface area contributed by atoms with E-state index in [0.29, 0.717) is 11.1 Å². The number of ether oxygens (including phenoxy) is 1. The molecule has 0 bridgehead atoms. The maximum absolute atomic E-state index is 13.0. The van der Waals surface area contributed by atoms with Gasteiger partial charge in [-0.25, -0.2) is 9.37 Å². The first-order valence-corrected chi connectivity index (χ1v) is 3.98. The minimum absolute atomic E-state index is 0.143. The molecule has 74 valence electrons. The van der Waals surface area contributed by atoms with Crippen LogP contribution < -0.4 is 4.74 Å². The molecule has 1 aromatic heterocycles. The van der Waals surface area contributed by atoms with E-state index in [1.807, 2.05) is 0 Å². The summed E-state index contributed by atoms with van der Waals surface area (Å²) >= 11 is 0. The van der Waals surface area contributed by atoms with Crippen LogP contribution in [-0.2, 0) is 6.61 Å². The number of halogens is 1. The van der Waals surface area contributed by atoms with E-state index in [0.717, 1.165) is 0 Å². The van der Waals surface area contributed by atoms with Crippen LogP contribution in [0.1, 0.15) is 5.89 Å². The van der Waals surface area contributed by atoms with E-state index in [1.165, 1.54) is 19.2 Å². The summed E-state index contributed by atoms with van der Waals surface area (Å²) in [6.45, 7) is -0.320. The van der Waals surface area contributed by atoms with Crippen LogP contribution in [0.3, 0.4) is 0 Å². The first-order chi connectivity index (χ1) is 6.74. The normalized spacial score (nSPS) is 10.8. The Hall–Kier alpha value is -1.62. The fourth-order valence-corrected chi connectivity index (χ4v) is 1.23. The minimum atomic E-state index is -0.452. The van der Waals surface area contributed by atoms with E-state index >= 15 is 0 Å². The largest absolute Gasteiger partial charge is 0.493 e.